The average Bonchev–Trinajstić information content (AvgIpc) is 3.79. The minimum absolute atomic E-state index is 0.0283. The van der Waals surface area contributed by atoms with E-state index in [4.69, 9.17) is 14.4 Å². The van der Waals surface area contributed by atoms with E-state index < -0.39 is 0 Å². The molecule has 0 N–H and O–H groups in total. The Hall–Kier alpha value is -6.10. The molecule has 0 fully saturated rings. The smallest absolute Gasteiger partial charge is 0.246 e. The van der Waals surface area contributed by atoms with E-state index >= 15 is 0 Å². The number of rotatable bonds is 2. The highest BCUT2D eigenvalue weighted by molar-refractivity contribution is 7.27. The van der Waals surface area contributed by atoms with Gasteiger partial charge in [0.15, 0.2) is 0 Å². The number of nitrogens with zero attached hydrogens (tertiary/aromatic N) is 2. The van der Waals surface area contributed by atoms with Crippen LogP contribution in [0.25, 0.3) is 92.2 Å². The molecule has 4 heteroatoms. The SMILES string of the molecule is C1=Cc2oc3nc(-c4ccc5ccccc5c4)c(C4Cc5ccccc5-c5c4c4sc6c7ccccc7ccc6c4c4ccccc54)nc3c2CC1. The maximum absolute atomic E-state index is 6.46. The van der Waals surface area contributed by atoms with E-state index in [2.05, 4.69) is 140 Å². The van der Waals surface area contributed by atoms with Crippen molar-refractivity contribution >= 4 is 81.1 Å². The first kappa shape index (κ1) is 28.6. The monoisotopic (exact) mass is 682 g/mol. The fraction of sp³-hybridized carbons (Fsp3) is 0.0833. The van der Waals surface area contributed by atoms with Gasteiger partial charge in [0.25, 0.3) is 0 Å². The molecule has 0 saturated carbocycles. The minimum Gasteiger partial charge on any atom is -0.437 e. The fourth-order valence-corrected chi connectivity index (χ4v) is 10.6. The number of fused-ring (bicyclic) bond motifs is 16. The van der Waals surface area contributed by atoms with Crippen LogP contribution in [0, 0.1) is 0 Å². The molecule has 52 heavy (non-hydrogen) atoms. The zero-order chi connectivity index (χ0) is 33.9. The topological polar surface area (TPSA) is 38.9 Å². The van der Waals surface area contributed by atoms with Gasteiger partial charge in [0.2, 0.25) is 5.71 Å². The van der Waals surface area contributed by atoms with E-state index in [0.29, 0.717) is 5.71 Å². The fourth-order valence-electron chi connectivity index (χ4n) is 9.15. The molecule has 1 unspecified atom stereocenters. The molecule has 12 rings (SSSR count). The molecule has 3 nitrogen and oxygen atoms in total. The molecule has 2 aliphatic rings. The highest BCUT2D eigenvalue weighted by Crippen LogP contribution is 2.55. The second-order valence-corrected chi connectivity index (χ2v) is 15.3. The van der Waals surface area contributed by atoms with Crippen molar-refractivity contribution in [2.75, 3.05) is 0 Å². The Balaban J connectivity index is 1.25. The van der Waals surface area contributed by atoms with Gasteiger partial charge in [-0.1, -0.05) is 127 Å². The van der Waals surface area contributed by atoms with E-state index in [9.17, 15) is 0 Å². The molecule has 2 aliphatic carbocycles. The molecule has 0 spiro atoms. The lowest BCUT2D eigenvalue weighted by Crippen LogP contribution is -2.16. The maximum Gasteiger partial charge on any atom is 0.246 e. The van der Waals surface area contributed by atoms with Gasteiger partial charge in [0.05, 0.1) is 11.4 Å². The number of thiophene rings is 1. The Morgan fingerprint density at radius 2 is 1.42 bits per heavy atom. The third kappa shape index (κ3) is 3.96. The van der Waals surface area contributed by atoms with Gasteiger partial charge in [-0.2, -0.15) is 0 Å². The van der Waals surface area contributed by atoms with Crippen LogP contribution in [-0.2, 0) is 12.8 Å². The molecule has 244 valence electrons. The summed E-state index contributed by atoms with van der Waals surface area (Å²) in [6, 6.07) is 46.8. The number of aryl methyl sites for hydroxylation is 1. The number of benzene rings is 7. The van der Waals surface area contributed by atoms with Crippen molar-refractivity contribution in [1.82, 2.24) is 9.97 Å². The predicted octanol–water partition coefficient (Wildman–Crippen LogP) is 13.0. The molecule has 0 aliphatic heterocycles. The summed E-state index contributed by atoms with van der Waals surface area (Å²) in [6.07, 6.45) is 7.02. The zero-order valence-corrected chi connectivity index (χ0v) is 29.0. The highest BCUT2D eigenvalue weighted by atomic mass is 32.1. The van der Waals surface area contributed by atoms with Gasteiger partial charge >= 0.3 is 0 Å². The Morgan fingerprint density at radius 1 is 0.654 bits per heavy atom. The summed E-state index contributed by atoms with van der Waals surface area (Å²) in [7, 11) is 0. The summed E-state index contributed by atoms with van der Waals surface area (Å²) in [5, 5.41) is 10.2. The van der Waals surface area contributed by atoms with Crippen molar-refractivity contribution < 1.29 is 4.42 Å². The number of hydrogen-bond acceptors (Lipinski definition) is 4. The molecular weight excluding hydrogens is 653 g/mol. The number of allylic oxidation sites excluding steroid dienone is 1. The summed E-state index contributed by atoms with van der Waals surface area (Å²) in [4.78, 5) is 11.1. The Kier molecular flexibility index (Phi) is 5.88. The van der Waals surface area contributed by atoms with Crippen LogP contribution in [0.3, 0.4) is 0 Å². The van der Waals surface area contributed by atoms with E-state index in [1.807, 2.05) is 11.3 Å². The van der Waals surface area contributed by atoms with Crippen LogP contribution >= 0.6 is 11.3 Å². The van der Waals surface area contributed by atoms with Crippen molar-refractivity contribution in [2.24, 2.45) is 0 Å². The van der Waals surface area contributed by atoms with E-state index in [-0.39, 0.29) is 5.92 Å². The molecule has 1 atom stereocenters. The van der Waals surface area contributed by atoms with Gasteiger partial charge in [-0.05, 0) is 86.0 Å². The summed E-state index contributed by atoms with van der Waals surface area (Å²) < 4.78 is 9.15. The number of hydrogen-bond donors (Lipinski definition) is 0. The molecule has 0 saturated heterocycles. The molecule has 0 bridgehead atoms. The normalized spacial score (nSPS) is 15.2. The van der Waals surface area contributed by atoms with E-state index in [0.717, 1.165) is 47.5 Å². The summed E-state index contributed by atoms with van der Waals surface area (Å²) in [5.74, 6) is 0.862. The van der Waals surface area contributed by atoms with Crippen LogP contribution in [0.15, 0.2) is 138 Å². The van der Waals surface area contributed by atoms with Crippen molar-refractivity contribution in [3.8, 4) is 22.4 Å². The van der Waals surface area contributed by atoms with Crippen LogP contribution in [0.5, 0.6) is 0 Å². The van der Waals surface area contributed by atoms with Gasteiger partial charge < -0.3 is 4.42 Å². The summed E-state index contributed by atoms with van der Waals surface area (Å²) in [5.41, 5.74) is 11.0. The molecule has 7 aromatic carbocycles. The van der Waals surface area contributed by atoms with Crippen molar-refractivity contribution in [1.29, 1.82) is 0 Å². The van der Waals surface area contributed by atoms with Crippen molar-refractivity contribution in [3.63, 3.8) is 0 Å². The van der Waals surface area contributed by atoms with Crippen LogP contribution in [0.2, 0.25) is 0 Å². The Bertz CT molecular complexity index is 3180. The van der Waals surface area contributed by atoms with Gasteiger partial charge in [0.1, 0.15) is 11.3 Å². The van der Waals surface area contributed by atoms with E-state index in [1.54, 1.807) is 0 Å². The lowest BCUT2D eigenvalue weighted by atomic mass is 9.74. The van der Waals surface area contributed by atoms with Gasteiger partial charge in [-0.3, -0.25) is 0 Å². The highest BCUT2D eigenvalue weighted by Gasteiger charge is 2.35. The lowest BCUT2D eigenvalue weighted by molar-refractivity contribution is 0.583. The largest absolute Gasteiger partial charge is 0.437 e. The molecular formula is C48H30N2OS. The van der Waals surface area contributed by atoms with Crippen LogP contribution in [-0.4, -0.2) is 9.97 Å². The first-order chi connectivity index (χ1) is 25.8. The van der Waals surface area contributed by atoms with Crippen molar-refractivity contribution in [2.45, 2.75) is 25.2 Å². The number of furan rings is 1. The molecule has 0 amide bonds. The summed E-state index contributed by atoms with van der Waals surface area (Å²) >= 11 is 1.95. The van der Waals surface area contributed by atoms with Crippen LogP contribution < -0.4 is 0 Å². The predicted molar refractivity (Wildman–Crippen MR) is 217 cm³/mol. The average molecular weight is 683 g/mol. The first-order valence-electron chi connectivity index (χ1n) is 18.1. The Morgan fingerprint density at radius 3 is 2.35 bits per heavy atom. The van der Waals surface area contributed by atoms with Gasteiger partial charge in [-0.15, -0.1) is 11.3 Å². The maximum atomic E-state index is 6.46. The minimum atomic E-state index is -0.0283. The van der Waals surface area contributed by atoms with Gasteiger partial charge in [-0.25, -0.2) is 9.97 Å². The quantitative estimate of drug-likeness (QED) is 0.182. The molecule has 3 heterocycles. The van der Waals surface area contributed by atoms with Crippen LogP contribution in [0.1, 0.15) is 40.5 Å². The van der Waals surface area contributed by atoms with Gasteiger partial charge in [0, 0.05) is 37.2 Å². The Labute approximate surface area is 303 Å². The first-order valence-corrected chi connectivity index (χ1v) is 19.0. The standard InChI is InChI=1S/C48H30N2OS/c1-2-13-29-25-31(22-21-27(29)11-1)43-44(49-45-36-19-9-10-20-39(36)51-48(45)50-43)38-26-30-14-4-5-15-32(30)40-34-17-7-8-18-35(34)41-37-24-23-28-12-3-6-16-33(28)46(37)52-47(41)42(38)40/h1-8,10-18,20-25,38H,9,19,26H2. The third-order valence-electron chi connectivity index (χ3n) is 11.5. The molecule has 10 aromatic rings. The van der Waals surface area contributed by atoms with Crippen LogP contribution in [0.4, 0.5) is 0 Å². The third-order valence-corrected chi connectivity index (χ3v) is 12.8. The second-order valence-electron chi connectivity index (χ2n) is 14.3. The number of aromatic nitrogens is 2. The lowest BCUT2D eigenvalue weighted by Gasteiger charge is -2.30. The summed E-state index contributed by atoms with van der Waals surface area (Å²) in [6.45, 7) is 0. The van der Waals surface area contributed by atoms with Crippen molar-refractivity contribution in [3.05, 3.63) is 162 Å². The molecule has 0 radical (unpaired) electrons. The second kappa shape index (κ2) is 10.7. The zero-order valence-electron chi connectivity index (χ0n) is 28.2. The van der Waals surface area contributed by atoms with E-state index in [1.165, 1.54) is 80.3 Å². The molecule has 3 aromatic heterocycles.